The van der Waals surface area contributed by atoms with Gasteiger partial charge in [-0.05, 0) is 56.3 Å². The van der Waals surface area contributed by atoms with Gasteiger partial charge < -0.3 is 20.5 Å². The van der Waals surface area contributed by atoms with Crippen LogP contribution in [0.3, 0.4) is 0 Å². The minimum atomic E-state index is -0.930. The Morgan fingerprint density at radius 3 is 2.63 bits per heavy atom. The van der Waals surface area contributed by atoms with Crippen LogP contribution in [-0.2, 0) is 12.1 Å². The number of rotatable bonds is 8. The lowest BCUT2D eigenvalue weighted by Gasteiger charge is -2.23. The zero-order valence-corrected chi connectivity index (χ0v) is 19.6. The van der Waals surface area contributed by atoms with Crippen molar-refractivity contribution in [1.29, 1.82) is 0 Å². The highest BCUT2D eigenvalue weighted by Gasteiger charge is 2.24. The summed E-state index contributed by atoms with van der Waals surface area (Å²) < 4.78 is 5.58. The lowest BCUT2D eigenvalue weighted by atomic mass is 10.1. The first-order chi connectivity index (χ1) is 12.5. The fourth-order valence-corrected chi connectivity index (χ4v) is 3.35. The Morgan fingerprint density at radius 1 is 1.26 bits per heavy atom. The quantitative estimate of drug-likeness (QED) is 0.289. The van der Waals surface area contributed by atoms with Gasteiger partial charge in [0.1, 0.15) is 11.4 Å². The molecule has 0 fully saturated rings. The van der Waals surface area contributed by atoms with Gasteiger partial charge in [0.15, 0.2) is 5.96 Å². The molecule has 0 radical (unpaired) electrons. The number of nitrogens with one attached hydrogen (secondary N) is 2. The first-order valence-electron chi connectivity index (χ1n) is 8.97. The Hall–Kier alpha value is -1.32. The van der Waals surface area contributed by atoms with E-state index in [0.717, 1.165) is 28.3 Å². The molecule has 2 aromatic rings. The van der Waals surface area contributed by atoms with Crippen molar-refractivity contribution in [1.82, 2.24) is 10.6 Å². The molecule has 0 spiro atoms. The molecule has 5 nitrogen and oxygen atoms in total. The fourth-order valence-electron chi connectivity index (χ4n) is 2.57. The van der Waals surface area contributed by atoms with E-state index < -0.39 is 5.60 Å². The van der Waals surface area contributed by atoms with Crippen LogP contribution >= 0.6 is 35.3 Å². The molecule has 7 heteroatoms. The summed E-state index contributed by atoms with van der Waals surface area (Å²) in [5, 5.41) is 19.1. The summed E-state index contributed by atoms with van der Waals surface area (Å²) in [4.78, 5) is 5.56. The predicted octanol–water partition coefficient (Wildman–Crippen LogP) is 4.04. The van der Waals surface area contributed by atoms with E-state index in [1.54, 1.807) is 11.3 Å². The maximum Gasteiger partial charge on any atom is 0.191 e. The number of guanidine groups is 1. The van der Waals surface area contributed by atoms with Crippen LogP contribution in [-0.4, -0.2) is 30.8 Å². The maximum atomic E-state index is 10.6. The molecule has 0 aliphatic carbocycles. The van der Waals surface area contributed by atoms with Crippen molar-refractivity contribution >= 4 is 41.3 Å². The number of ether oxygens (including phenoxy) is 1. The summed E-state index contributed by atoms with van der Waals surface area (Å²) in [5.41, 5.74) is 1.30. The van der Waals surface area contributed by atoms with Gasteiger partial charge >= 0.3 is 0 Å². The molecule has 3 N–H and O–H groups in total. The van der Waals surface area contributed by atoms with E-state index in [0.29, 0.717) is 25.7 Å². The molecule has 2 rings (SSSR count). The van der Waals surface area contributed by atoms with E-state index in [1.807, 2.05) is 57.3 Å². The first-order valence-corrected chi connectivity index (χ1v) is 9.85. The number of nitrogens with zero attached hydrogens (tertiary/aromatic N) is 1. The first kappa shape index (κ1) is 23.7. The molecule has 0 bridgehead atoms. The van der Waals surface area contributed by atoms with E-state index in [1.165, 1.54) is 0 Å². The summed E-state index contributed by atoms with van der Waals surface area (Å²) in [7, 11) is 0. The molecular formula is C20H30IN3O2S. The SMILES string of the molecule is CCNC(=NCc1ccc(OCC)c(C)c1)NCC(C)(O)c1cccs1.I. The van der Waals surface area contributed by atoms with Gasteiger partial charge in [0, 0.05) is 11.4 Å². The van der Waals surface area contributed by atoms with Crippen LogP contribution in [0.15, 0.2) is 40.7 Å². The normalized spacial score (nSPS) is 13.4. The number of hydrogen-bond donors (Lipinski definition) is 3. The molecule has 150 valence electrons. The van der Waals surface area contributed by atoms with Crippen LogP contribution in [0, 0.1) is 6.92 Å². The molecule has 0 aliphatic rings. The third-order valence-corrected chi connectivity index (χ3v) is 5.08. The van der Waals surface area contributed by atoms with Gasteiger partial charge in [-0.3, -0.25) is 0 Å². The van der Waals surface area contributed by atoms with Gasteiger partial charge in [0.25, 0.3) is 0 Å². The monoisotopic (exact) mass is 503 g/mol. The van der Waals surface area contributed by atoms with Crippen molar-refractivity contribution in [2.75, 3.05) is 19.7 Å². The Balaban J connectivity index is 0.00000364. The molecule has 1 atom stereocenters. The van der Waals surface area contributed by atoms with E-state index in [-0.39, 0.29) is 24.0 Å². The second-order valence-corrected chi connectivity index (χ2v) is 7.28. The molecule has 0 saturated carbocycles. The third-order valence-electron chi connectivity index (χ3n) is 3.96. The molecule has 1 unspecified atom stereocenters. The maximum absolute atomic E-state index is 10.6. The molecule has 0 amide bonds. The number of benzene rings is 1. The molecule has 27 heavy (non-hydrogen) atoms. The van der Waals surface area contributed by atoms with Crippen molar-refractivity contribution in [3.8, 4) is 5.75 Å². The lowest BCUT2D eigenvalue weighted by Crippen LogP contribution is -2.44. The minimum Gasteiger partial charge on any atom is -0.494 e. The predicted molar refractivity (Wildman–Crippen MR) is 124 cm³/mol. The van der Waals surface area contributed by atoms with Gasteiger partial charge in [-0.25, -0.2) is 4.99 Å². The summed E-state index contributed by atoms with van der Waals surface area (Å²) in [5.74, 6) is 1.60. The Labute approximate surface area is 183 Å². The average molecular weight is 503 g/mol. The van der Waals surface area contributed by atoms with Gasteiger partial charge in [-0.1, -0.05) is 18.2 Å². The number of aliphatic imine (C=N–C) groups is 1. The standard InChI is InChI=1S/C20H29N3O2S.HI/c1-5-21-19(23-14-20(4,24)18-8-7-11-26-18)22-13-16-9-10-17(25-6-2)15(3)12-16;/h7-12,24H,5-6,13-14H2,1-4H3,(H2,21,22,23);1H. The number of thiophene rings is 1. The average Bonchev–Trinajstić information content (AvgIpc) is 3.15. The molecule has 0 aliphatic heterocycles. The number of halogens is 1. The summed E-state index contributed by atoms with van der Waals surface area (Å²) in [6.07, 6.45) is 0. The second kappa shape index (κ2) is 11.5. The highest BCUT2D eigenvalue weighted by atomic mass is 127. The molecule has 0 saturated heterocycles. The van der Waals surface area contributed by atoms with Crippen LogP contribution < -0.4 is 15.4 Å². The lowest BCUT2D eigenvalue weighted by molar-refractivity contribution is 0.0655. The smallest absolute Gasteiger partial charge is 0.191 e. The van der Waals surface area contributed by atoms with E-state index in [4.69, 9.17) is 4.74 Å². The molecular weight excluding hydrogens is 473 g/mol. The zero-order valence-electron chi connectivity index (χ0n) is 16.4. The number of hydrogen-bond acceptors (Lipinski definition) is 4. The molecule has 1 heterocycles. The van der Waals surface area contributed by atoms with Crippen molar-refractivity contribution < 1.29 is 9.84 Å². The summed E-state index contributed by atoms with van der Waals surface area (Å²) >= 11 is 1.55. The van der Waals surface area contributed by atoms with Crippen LogP contribution in [0.1, 0.15) is 36.8 Å². The Kier molecular flexibility index (Phi) is 10.1. The fraction of sp³-hybridized carbons (Fsp3) is 0.450. The van der Waals surface area contributed by atoms with E-state index in [2.05, 4.69) is 21.7 Å². The molecule has 1 aromatic heterocycles. The van der Waals surface area contributed by atoms with Gasteiger partial charge in [0.05, 0.1) is 19.7 Å². The highest BCUT2D eigenvalue weighted by molar-refractivity contribution is 14.0. The Morgan fingerprint density at radius 2 is 2.04 bits per heavy atom. The zero-order chi connectivity index (χ0) is 19.0. The number of aliphatic hydroxyl groups is 1. The van der Waals surface area contributed by atoms with Crippen molar-refractivity contribution in [3.63, 3.8) is 0 Å². The van der Waals surface area contributed by atoms with Crippen LogP contribution in [0.25, 0.3) is 0 Å². The largest absolute Gasteiger partial charge is 0.494 e. The van der Waals surface area contributed by atoms with Crippen molar-refractivity contribution in [2.24, 2.45) is 4.99 Å². The number of aryl methyl sites for hydroxylation is 1. The van der Waals surface area contributed by atoms with Crippen LogP contribution in [0.5, 0.6) is 5.75 Å². The third kappa shape index (κ3) is 7.31. The van der Waals surface area contributed by atoms with Crippen LogP contribution in [0.4, 0.5) is 0 Å². The highest BCUT2D eigenvalue weighted by Crippen LogP contribution is 2.24. The van der Waals surface area contributed by atoms with Crippen molar-refractivity contribution in [3.05, 3.63) is 51.7 Å². The summed E-state index contributed by atoms with van der Waals surface area (Å²) in [6, 6.07) is 10.0. The molecule has 1 aromatic carbocycles. The van der Waals surface area contributed by atoms with E-state index in [9.17, 15) is 5.11 Å². The van der Waals surface area contributed by atoms with Gasteiger partial charge in [-0.15, -0.1) is 35.3 Å². The topological polar surface area (TPSA) is 65.9 Å². The van der Waals surface area contributed by atoms with Gasteiger partial charge in [-0.2, -0.15) is 0 Å². The minimum absolute atomic E-state index is 0. The van der Waals surface area contributed by atoms with Crippen LogP contribution in [0.2, 0.25) is 0 Å². The van der Waals surface area contributed by atoms with E-state index >= 15 is 0 Å². The second-order valence-electron chi connectivity index (χ2n) is 6.33. The van der Waals surface area contributed by atoms with Crippen molar-refractivity contribution in [2.45, 2.75) is 39.8 Å². The van der Waals surface area contributed by atoms with Gasteiger partial charge in [0.2, 0.25) is 0 Å². The summed E-state index contributed by atoms with van der Waals surface area (Å²) in [6.45, 7) is 10.2. The Bertz CT molecular complexity index is 718.